The van der Waals surface area contributed by atoms with Crippen molar-refractivity contribution in [3.63, 3.8) is 0 Å². The van der Waals surface area contributed by atoms with Gasteiger partial charge in [0.1, 0.15) is 18.0 Å². The third-order valence-corrected chi connectivity index (χ3v) is 3.78. The Morgan fingerprint density at radius 2 is 2.11 bits per heavy atom. The Kier molecular flexibility index (Phi) is 4.36. The zero-order valence-electron chi connectivity index (χ0n) is 11.3. The Bertz CT molecular complexity index is 373. The summed E-state index contributed by atoms with van der Waals surface area (Å²) in [6.07, 6.45) is 3.99. The van der Waals surface area contributed by atoms with E-state index in [0.717, 1.165) is 37.8 Å². The van der Waals surface area contributed by atoms with Crippen LogP contribution in [-0.4, -0.2) is 43.2 Å². The van der Waals surface area contributed by atoms with E-state index < -0.39 is 0 Å². The highest BCUT2D eigenvalue weighted by Gasteiger charge is 2.19. The van der Waals surface area contributed by atoms with Gasteiger partial charge in [0.25, 0.3) is 0 Å². The van der Waals surface area contributed by atoms with Crippen LogP contribution >= 0.6 is 0 Å². The molecule has 0 amide bonds. The van der Waals surface area contributed by atoms with Gasteiger partial charge in [0, 0.05) is 32.7 Å². The van der Waals surface area contributed by atoms with Crippen LogP contribution in [0.1, 0.15) is 19.8 Å². The molecule has 1 aliphatic heterocycles. The second-order valence-corrected chi connectivity index (χ2v) is 4.91. The molecule has 5 heteroatoms. The van der Waals surface area contributed by atoms with Crippen LogP contribution in [0.15, 0.2) is 12.4 Å². The van der Waals surface area contributed by atoms with Crippen molar-refractivity contribution in [2.24, 2.45) is 11.7 Å². The molecule has 0 aromatic carbocycles. The smallest absolute Gasteiger partial charge is 0.134 e. The fourth-order valence-corrected chi connectivity index (χ4v) is 2.28. The first-order chi connectivity index (χ1) is 8.74. The molecule has 2 heterocycles. The molecule has 0 radical (unpaired) electrons. The van der Waals surface area contributed by atoms with E-state index in [9.17, 15) is 0 Å². The minimum Gasteiger partial charge on any atom is -0.360 e. The van der Waals surface area contributed by atoms with Gasteiger partial charge >= 0.3 is 0 Å². The second-order valence-electron chi connectivity index (χ2n) is 4.91. The number of hydrogen-bond donors (Lipinski definition) is 1. The van der Waals surface area contributed by atoms with Crippen LogP contribution in [0, 0.1) is 5.92 Å². The molecule has 5 nitrogen and oxygen atoms in total. The predicted octanol–water partition coefficient (Wildman–Crippen LogP) is 1.11. The Balaban J connectivity index is 2.05. The zero-order valence-corrected chi connectivity index (χ0v) is 11.3. The van der Waals surface area contributed by atoms with Gasteiger partial charge in [-0.1, -0.05) is 0 Å². The summed E-state index contributed by atoms with van der Waals surface area (Å²) in [5.41, 5.74) is 5.72. The summed E-state index contributed by atoms with van der Waals surface area (Å²) in [5.74, 6) is 2.71. The summed E-state index contributed by atoms with van der Waals surface area (Å²) >= 11 is 0. The van der Waals surface area contributed by atoms with Gasteiger partial charge in [-0.2, -0.15) is 0 Å². The fourth-order valence-electron chi connectivity index (χ4n) is 2.28. The van der Waals surface area contributed by atoms with E-state index >= 15 is 0 Å². The van der Waals surface area contributed by atoms with Crippen LogP contribution in [0.5, 0.6) is 0 Å². The van der Waals surface area contributed by atoms with Gasteiger partial charge in [-0.05, 0) is 32.2 Å². The Hall–Kier alpha value is -1.36. The molecule has 2 rings (SSSR count). The first-order valence-corrected chi connectivity index (χ1v) is 6.72. The van der Waals surface area contributed by atoms with E-state index in [-0.39, 0.29) is 0 Å². The predicted molar refractivity (Wildman–Crippen MR) is 75.0 cm³/mol. The van der Waals surface area contributed by atoms with E-state index in [0.29, 0.717) is 5.92 Å². The number of nitrogens with zero attached hydrogens (tertiary/aromatic N) is 4. The van der Waals surface area contributed by atoms with Gasteiger partial charge < -0.3 is 15.5 Å². The maximum Gasteiger partial charge on any atom is 0.134 e. The van der Waals surface area contributed by atoms with Crippen molar-refractivity contribution in [3.05, 3.63) is 12.4 Å². The van der Waals surface area contributed by atoms with Gasteiger partial charge in [0.05, 0.1) is 0 Å². The van der Waals surface area contributed by atoms with Gasteiger partial charge in [-0.25, -0.2) is 9.97 Å². The average Bonchev–Trinajstić information content (AvgIpc) is 2.46. The van der Waals surface area contributed by atoms with Crippen molar-refractivity contribution in [2.75, 3.05) is 43.0 Å². The molecule has 18 heavy (non-hydrogen) atoms. The average molecular weight is 249 g/mol. The minimum atomic E-state index is 0.681. The summed E-state index contributed by atoms with van der Waals surface area (Å²) < 4.78 is 0. The van der Waals surface area contributed by atoms with Crippen molar-refractivity contribution in [3.8, 4) is 0 Å². The van der Waals surface area contributed by atoms with Crippen molar-refractivity contribution < 1.29 is 0 Å². The van der Waals surface area contributed by atoms with Gasteiger partial charge in [0.15, 0.2) is 0 Å². The lowest BCUT2D eigenvalue weighted by Crippen LogP contribution is -2.36. The molecule has 1 saturated heterocycles. The molecule has 1 aliphatic rings. The first-order valence-electron chi connectivity index (χ1n) is 6.72. The van der Waals surface area contributed by atoms with Crippen LogP contribution in [0.25, 0.3) is 0 Å². The SMILES string of the molecule is CCN(C)c1cc(N2CCC(CN)CC2)ncn1. The number of aromatic nitrogens is 2. The van der Waals surface area contributed by atoms with E-state index in [1.165, 1.54) is 12.8 Å². The number of piperidine rings is 1. The molecule has 0 unspecified atom stereocenters. The number of rotatable bonds is 4. The lowest BCUT2D eigenvalue weighted by molar-refractivity contribution is 0.413. The fraction of sp³-hybridized carbons (Fsp3) is 0.692. The minimum absolute atomic E-state index is 0.681. The van der Waals surface area contributed by atoms with E-state index in [1.54, 1.807) is 6.33 Å². The van der Waals surface area contributed by atoms with Crippen molar-refractivity contribution in [2.45, 2.75) is 19.8 Å². The van der Waals surface area contributed by atoms with Crippen LogP contribution in [0.2, 0.25) is 0 Å². The first kappa shape index (κ1) is 13.1. The Morgan fingerprint density at radius 3 is 2.72 bits per heavy atom. The maximum absolute atomic E-state index is 5.72. The maximum atomic E-state index is 5.72. The van der Waals surface area contributed by atoms with E-state index in [1.807, 2.05) is 7.05 Å². The molecular weight excluding hydrogens is 226 g/mol. The summed E-state index contributed by atoms with van der Waals surface area (Å²) in [6, 6.07) is 2.08. The van der Waals surface area contributed by atoms with Crippen molar-refractivity contribution in [1.82, 2.24) is 9.97 Å². The lowest BCUT2D eigenvalue weighted by Gasteiger charge is -2.32. The molecule has 2 N–H and O–H groups in total. The summed E-state index contributed by atoms with van der Waals surface area (Å²) in [5, 5.41) is 0. The summed E-state index contributed by atoms with van der Waals surface area (Å²) in [4.78, 5) is 13.1. The standard InChI is InChI=1S/C13H23N5/c1-3-17(2)12-8-13(16-10-15-12)18-6-4-11(9-14)5-7-18/h8,10-11H,3-7,9,14H2,1-2H3. The summed E-state index contributed by atoms with van der Waals surface area (Å²) in [7, 11) is 2.05. The van der Waals surface area contributed by atoms with Crippen LogP contribution < -0.4 is 15.5 Å². The lowest BCUT2D eigenvalue weighted by atomic mass is 9.97. The normalized spacial score (nSPS) is 16.9. The number of anilines is 2. The second kappa shape index (κ2) is 6.00. The highest BCUT2D eigenvalue weighted by atomic mass is 15.2. The van der Waals surface area contributed by atoms with Gasteiger partial charge in [0.2, 0.25) is 0 Å². The molecule has 1 aromatic heterocycles. The molecule has 0 spiro atoms. The van der Waals surface area contributed by atoms with Gasteiger partial charge in [-0.15, -0.1) is 0 Å². The Morgan fingerprint density at radius 1 is 1.39 bits per heavy atom. The molecule has 0 saturated carbocycles. The number of hydrogen-bond acceptors (Lipinski definition) is 5. The molecule has 1 aromatic rings. The summed E-state index contributed by atoms with van der Waals surface area (Å²) in [6.45, 7) is 5.98. The quantitative estimate of drug-likeness (QED) is 0.866. The molecular formula is C13H23N5. The van der Waals surface area contributed by atoms with Gasteiger partial charge in [-0.3, -0.25) is 0 Å². The topological polar surface area (TPSA) is 58.3 Å². The van der Waals surface area contributed by atoms with Crippen LogP contribution in [0.3, 0.4) is 0 Å². The Labute approximate surface area is 109 Å². The van der Waals surface area contributed by atoms with E-state index in [4.69, 9.17) is 5.73 Å². The van der Waals surface area contributed by atoms with Crippen LogP contribution in [-0.2, 0) is 0 Å². The third kappa shape index (κ3) is 2.90. The largest absolute Gasteiger partial charge is 0.360 e. The monoisotopic (exact) mass is 249 g/mol. The molecule has 100 valence electrons. The number of nitrogens with two attached hydrogens (primary N) is 1. The van der Waals surface area contributed by atoms with Crippen LogP contribution in [0.4, 0.5) is 11.6 Å². The third-order valence-electron chi connectivity index (χ3n) is 3.78. The van der Waals surface area contributed by atoms with E-state index in [2.05, 4.69) is 32.8 Å². The highest BCUT2D eigenvalue weighted by Crippen LogP contribution is 2.22. The molecule has 0 bridgehead atoms. The zero-order chi connectivity index (χ0) is 13.0. The molecule has 0 atom stereocenters. The highest BCUT2D eigenvalue weighted by molar-refractivity contribution is 5.49. The molecule has 0 aliphatic carbocycles. The van der Waals surface area contributed by atoms with Crippen molar-refractivity contribution in [1.29, 1.82) is 0 Å². The molecule has 1 fully saturated rings. The van der Waals surface area contributed by atoms with Crippen molar-refractivity contribution >= 4 is 11.6 Å².